The molecule has 1 rings (SSSR count). The van der Waals surface area contributed by atoms with Crippen molar-refractivity contribution in [1.82, 2.24) is 0 Å². The van der Waals surface area contributed by atoms with Gasteiger partial charge in [-0.2, -0.15) is 0 Å². The Balaban J connectivity index is 1.97. The highest BCUT2D eigenvalue weighted by molar-refractivity contribution is 14.1. The van der Waals surface area contributed by atoms with Crippen molar-refractivity contribution < 1.29 is 9.22 Å². The Morgan fingerprint density at radius 3 is 1.79 bits per heavy atom. The summed E-state index contributed by atoms with van der Waals surface area (Å²) in [7, 11) is 0. The number of ether oxygens (including phenoxy) is 1. The molecule has 0 atom stereocenters. The van der Waals surface area contributed by atoms with Crippen LogP contribution < -0.4 is 0 Å². The lowest BCUT2D eigenvalue weighted by Crippen LogP contribution is -2.55. The van der Waals surface area contributed by atoms with Gasteiger partial charge in [-0.3, -0.25) is 0 Å². The molecule has 0 spiro atoms. The predicted molar refractivity (Wildman–Crippen MR) is 113 cm³/mol. The molecule has 0 unspecified atom stereocenters. The molecule has 1 saturated heterocycles. The third kappa shape index (κ3) is 10.9. The van der Waals surface area contributed by atoms with E-state index in [1.165, 1.54) is 88.1 Å². The van der Waals surface area contributed by atoms with Crippen molar-refractivity contribution in [1.29, 1.82) is 0 Å². The second-order valence-corrected chi connectivity index (χ2v) is 7.98. The number of unbranched alkanes of at least 4 members (excludes halogenated alkanes) is 11. The van der Waals surface area contributed by atoms with E-state index >= 15 is 0 Å². The molecule has 0 N–H and O–H groups in total. The monoisotopic (exact) mass is 448 g/mol. The van der Waals surface area contributed by atoms with Crippen molar-refractivity contribution in [2.75, 3.05) is 39.4 Å². The van der Waals surface area contributed by atoms with Crippen LogP contribution in [0.4, 0.5) is 0 Å². The molecule has 0 bridgehead atoms. The van der Waals surface area contributed by atoms with Gasteiger partial charge in [0.1, 0.15) is 19.6 Å². The summed E-state index contributed by atoms with van der Waals surface area (Å²) in [6.45, 7) is 8.76. The third-order valence-corrected chi connectivity index (χ3v) is 5.77. The lowest BCUT2D eigenvalue weighted by atomic mass is 10.0. The zero-order valence-electron chi connectivity index (χ0n) is 16.0. The van der Waals surface area contributed by atoms with E-state index in [0.717, 1.165) is 32.8 Å². The first kappa shape index (κ1) is 22.3. The van der Waals surface area contributed by atoms with Crippen LogP contribution in [0.1, 0.15) is 84.0 Å². The largest absolute Gasteiger partial charge is 0.370 e. The van der Waals surface area contributed by atoms with Gasteiger partial charge in [0.25, 0.3) is 0 Å². The minimum atomic E-state index is 0.918. The topological polar surface area (TPSA) is 9.23 Å². The van der Waals surface area contributed by atoms with Gasteiger partial charge in [0.15, 0.2) is 0 Å². The molecule has 24 heavy (non-hydrogen) atoms. The molecule has 140 valence electrons. The predicted octanol–water partition coefficient (Wildman–Crippen LogP) is 5.93. The van der Waals surface area contributed by atoms with Gasteiger partial charge < -0.3 is 9.22 Å². The summed E-state index contributed by atoms with van der Waals surface area (Å²) in [6, 6.07) is 0. The zero-order chi connectivity index (χ0) is 17.3. The molecule has 1 heterocycles. The fourth-order valence-corrected chi connectivity index (χ4v) is 3.85. The van der Waals surface area contributed by atoms with E-state index in [1.54, 1.807) is 0 Å². The van der Waals surface area contributed by atoms with Crippen molar-refractivity contribution in [2.45, 2.75) is 84.0 Å². The lowest BCUT2D eigenvalue weighted by molar-refractivity contribution is -0.928. The molecular weight excluding hydrogens is 409 g/mol. The number of nitrogens with zero attached hydrogens (tertiary/aromatic N) is 1. The molecule has 0 aromatic rings. The SMILES string of the molecule is CCCCCCCCCCCCCC[N+]1(CC#CI)CCOCC1. The summed E-state index contributed by atoms with van der Waals surface area (Å²) in [5.41, 5.74) is 0. The van der Waals surface area contributed by atoms with E-state index in [1.807, 2.05) is 0 Å². The number of hydrogen-bond donors (Lipinski definition) is 0. The van der Waals surface area contributed by atoms with Crippen LogP contribution in [0.2, 0.25) is 0 Å². The van der Waals surface area contributed by atoms with Crippen molar-refractivity contribution in [2.24, 2.45) is 0 Å². The summed E-state index contributed by atoms with van der Waals surface area (Å²) in [6.07, 6.45) is 17.1. The molecule has 3 heteroatoms. The standard InChI is InChI=1S/C21H39INO/c1-2-3-4-5-6-7-8-9-10-11-12-13-16-23(17-14-15-22)18-20-24-21-19-23/h2-13,16-21H2,1H3/q+1. The van der Waals surface area contributed by atoms with Gasteiger partial charge in [0.2, 0.25) is 0 Å². The van der Waals surface area contributed by atoms with E-state index in [0.29, 0.717) is 0 Å². The van der Waals surface area contributed by atoms with Crippen LogP contribution in [0.5, 0.6) is 0 Å². The average Bonchev–Trinajstić information content (AvgIpc) is 2.62. The van der Waals surface area contributed by atoms with Crippen molar-refractivity contribution in [3.05, 3.63) is 0 Å². The van der Waals surface area contributed by atoms with Gasteiger partial charge >= 0.3 is 0 Å². The van der Waals surface area contributed by atoms with E-state index in [-0.39, 0.29) is 0 Å². The minimum absolute atomic E-state index is 0.918. The second kappa shape index (κ2) is 15.5. The van der Waals surface area contributed by atoms with E-state index in [9.17, 15) is 0 Å². The average molecular weight is 448 g/mol. The second-order valence-electron chi connectivity index (χ2n) is 7.44. The molecule has 0 aromatic carbocycles. The van der Waals surface area contributed by atoms with Gasteiger partial charge in [0.05, 0.1) is 19.8 Å². The van der Waals surface area contributed by atoms with E-state index in [2.05, 4.69) is 39.4 Å². The van der Waals surface area contributed by atoms with E-state index in [4.69, 9.17) is 4.74 Å². The highest BCUT2D eigenvalue weighted by Gasteiger charge is 2.28. The highest BCUT2D eigenvalue weighted by atomic mass is 127. The van der Waals surface area contributed by atoms with Gasteiger partial charge in [-0.25, -0.2) is 0 Å². The molecule has 1 fully saturated rings. The number of hydrogen-bond acceptors (Lipinski definition) is 1. The van der Waals surface area contributed by atoms with Crippen LogP contribution in [0.3, 0.4) is 0 Å². The fourth-order valence-electron chi connectivity index (χ4n) is 3.68. The van der Waals surface area contributed by atoms with Crippen LogP contribution >= 0.6 is 22.6 Å². The molecule has 0 amide bonds. The summed E-state index contributed by atoms with van der Waals surface area (Å²) < 4.78 is 9.78. The van der Waals surface area contributed by atoms with Crippen molar-refractivity contribution in [3.63, 3.8) is 0 Å². The molecule has 0 aliphatic carbocycles. The molecule has 0 aromatic heterocycles. The Morgan fingerprint density at radius 1 is 0.792 bits per heavy atom. The third-order valence-electron chi connectivity index (χ3n) is 5.39. The lowest BCUT2D eigenvalue weighted by Gasteiger charge is -2.40. The van der Waals surface area contributed by atoms with E-state index < -0.39 is 0 Å². The Hall–Kier alpha value is 0.210. The van der Waals surface area contributed by atoms with Crippen molar-refractivity contribution in [3.8, 4) is 9.85 Å². The first-order chi connectivity index (χ1) is 11.8. The molecular formula is C21H39INO+. The number of quaternary nitrogens is 1. The summed E-state index contributed by atoms with van der Waals surface area (Å²) in [5, 5.41) is 0. The van der Waals surface area contributed by atoms with Gasteiger partial charge in [-0.1, -0.05) is 71.1 Å². The number of morpholine rings is 1. The molecule has 1 aliphatic rings. The van der Waals surface area contributed by atoms with Gasteiger partial charge in [0, 0.05) is 22.6 Å². The van der Waals surface area contributed by atoms with Gasteiger partial charge in [-0.05, 0) is 22.7 Å². The number of halogens is 1. The van der Waals surface area contributed by atoms with Crippen LogP contribution in [0.15, 0.2) is 0 Å². The molecule has 1 aliphatic heterocycles. The quantitative estimate of drug-likeness (QED) is 0.139. The Kier molecular flexibility index (Phi) is 14.3. The molecule has 2 nitrogen and oxygen atoms in total. The first-order valence-electron chi connectivity index (χ1n) is 10.3. The summed E-state index contributed by atoms with van der Waals surface area (Å²) in [4.78, 5) is 0. The summed E-state index contributed by atoms with van der Waals surface area (Å²) in [5.74, 6) is 3.31. The fraction of sp³-hybridized carbons (Fsp3) is 0.905. The van der Waals surface area contributed by atoms with Crippen LogP contribution in [-0.4, -0.2) is 43.9 Å². The Bertz CT molecular complexity index is 341. The maximum absolute atomic E-state index is 5.55. The van der Waals surface area contributed by atoms with Crippen LogP contribution in [0, 0.1) is 9.85 Å². The van der Waals surface area contributed by atoms with Crippen LogP contribution in [-0.2, 0) is 4.74 Å². The number of rotatable bonds is 14. The maximum Gasteiger partial charge on any atom is 0.141 e. The first-order valence-corrected chi connectivity index (χ1v) is 11.4. The Morgan fingerprint density at radius 2 is 1.29 bits per heavy atom. The molecule has 0 radical (unpaired) electrons. The Labute approximate surface area is 164 Å². The van der Waals surface area contributed by atoms with Gasteiger partial charge in [-0.15, -0.1) is 0 Å². The normalized spacial score (nSPS) is 16.6. The van der Waals surface area contributed by atoms with Crippen LogP contribution in [0.25, 0.3) is 0 Å². The summed E-state index contributed by atoms with van der Waals surface area (Å²) >= 11 is 2.16. The maximum atomic E-state index is 5.55. The highest BCUT2D eigenvalue weighted by Crippen LogP contribution is 2.16. The minimum Gasteiger partial charge on any atom is -0.370 e. The zero-order valence-corrected chi connectivity index (χ0v) is 18.1. The smallest absolute Gasteiger partial charge is 0.141 e. The van der Waals surface area contributed by atoms with Crippen molar-refractivity contribution >= 4 is 22.6 Å². The molecule has 0 saturated carbocycles.